The first-order chi connectivity index (χ1) is 7.29. The predicted octanol–water partition coefficient (Wildman–Crippen LogP) is 0.363. The monoisotopic (exact) mass is 212 g/mol. The van der Waals surface area contributed by atoms with Crippen LogP contribution in [0.4, 0.5) is 0 Å². The lowest BCUT2D eigenvalue weighted by atomic mass is 10.1. The van der Waals surface area contributed by atoms with E-state index in [4.69, 9.17) is 10.5 Å². The Morgan fingerprint density at radius 3 is 2.47 bits per heavy atom. The van der Waals surface area contributed by atoms with Gasteiger partial charge >= 0.3 is 0 Å². The number of carbonyl (C=O) groups excluding carboxylic acids is 1. The van der Waals surface area contributed by atoms with E-state index in [1.807, 2.05) is 4.90 Å². The molecule has 0 aromatic carbocycles. The largest absolute Gasteiger partial charge is 0.378 e. The van der Waals surface area contributed by atoms with Crippen molar-refractivity contribution in [2.24, 2.45) is 11.7 Å². The fourth-order valence-electron chi connectivity index (χ4n) is 1.96. The van der Waals surface area contributed by atoms with Crippen LogP contribution in [0.25, 0.3) is 0 Å². The van der Waals surface area contributed by atoms with E-state index in [1.165, 1.54) is 12.8 Å². The van der Waals surface area contributed by atoms with Gasteiger partial charge in [0.25, 0.3) is 0 Å². The van der Waals surface area contributed by atoms with Gasteiger partial charge in [0.05, 0.1) is 12.6 Å². The Morgan fingerprint density at radius 2 is 1.93 bits per heavy atom. The minimum absolute atomic E-state index is 0.0654. The Kier molecular flexibility index (Phi) is 3.59. The van der Waals surface area contributed by atoms with Crippen LogP contribution in [-0.4, -0.2) is 43.2 Å². The molecule has 1 saturated heterocycles. The Hall–Kier alpha value is -0.610. The normalized spacial score (nSPS) is 23.1. The van der Waals surface area contributed by atoms with Crippen LogP contribution in [0.3, 0.4) is 0 Å². The molecular weight excluding hydrogens is 192 g/mol. The molecule has 0 radical (unpaired) electrons. The molecule has 0 aromatic heterocycles. The number of rotatable bonds is 4. The average Bonchev–Trinajstić information content (AvgIpc) is 3.10. The molecule has 15 heavy (non-hydrogen) atoms. The van der Waals surface area contributed by atoms with Crippen molar-refractivity contribution in [3.8, 4) is 0 Å². The van der Waals surface area contributed by atoms with Gasteiger partial charge in [0.2, 0.25) is 5.91 Å². The summed E-state index contributed by atoms with van der Waals surface area (Å²) in [4.78, 5) is 13.2. The SMILES string of the molecule is NCC(=O)N1CCC(OCC2CC2)CC1. The van der Waals surface area contributed by atoms with Crippen molar-refractivity contribution in [1.29, 1.82) is 0 Å². The van der Waals surface area contributed by atoms with E-state index >= 15 is 0 Å². The maximum absolute atomic E-state index is 11.3. The number of ether oxygens (including phenoxy) is 1. The lowest BCUT2D eigenvalue weighted by Gasteiger charge is -2.31. The van der Waals surface area contributed by atoms with Crippen LogP contribution in [0.5, 0.6) is 0 Å². The lowest BCUT2D eigenvalue weighted by molar-refractivity contribution is -0.132. The second-order valence-corrected chi connectivity index (χ2v) is 4.56. The standard InChI is InChI=1S/C11H20N2O2/c12-7-11(14)13-5-3-10(4-6-13)15-8-9-1-2-9/h9-10H,1-8,12H2. The third kappa shape index (κ3) is 3.18. The summed E-state index contributed by atoms with van der Waals surface area (Å²) >= 11 is 0. The summed E-state index contributed by atoms with van der Waals surface area (Å²) in [6, 6.07) is 0. The highest BCUT2D eigenvalue weighted by atomic mass is 16.5. The Balaban J connectivity index is 1.64. The maximum Gasteiger partial charge on any atom is 0.236 e. The van der Waals surface area contributed by atoms with Crippen LogP contribution in [0.1, 0.15) is 25.7 Å². The average molecular weight is 212 g/mol. The van der Waals surface area contributed by atoms with Crippen LogP contribution >= 0.6 is 0 Å². The van der Waals surface area contributed by atoms with E-state index in [-0.39, 0.29) is 12.5 Å². The van der Waals surface area contributed by atoms with Gasteiger partial charge in [-0.05, 0) is 31.6 Å². The van der Waals surface area contributed by atoms with Crippen molar-refractivity contribution < 1.29 is 9.53 Å². The van der Waals surface area contributed by atoms with Crippen LogP contribution in [0.2, 0.25) is 0 Å². The molecule has 1 amide bonds. The summed E-state index contributed by atoms with van der Waals surface area (Å²) in [5, 5.41) is 0. The van der Waals surface area contributed by atoms with Gasteiger partial charge < -0.3 is 15.4 Å². The quantitative estimate of drug-likeness (QED) is 0.732. The Morgan fingerprint density at radius 1 is 1.27 bits per heavy atom. The molecule has 2 aliphatic rings. The van der Waals surface area contributed by atoms with E-state index in [9.17, 15) is 4.79 Å². The van der Waals surface area contributed by atoms with Gasteiger partial charge in [-0.25, -0.2) is 0 Å². The lowest BCUT2D eigenvalue weighted by Crippen LogP contribution is -2.43. The topological polar surface area (TPSA) is 55.6 Å². The number of hydrogen-bond donors (Lipinski definition) is 1. The van der Waals surface area contributed by atoms with E-state index in [0.29, 0.717) is 6.10 Å². The minimum atomic E-state index is 0.0654. The molecule has 4 nitrogen and oxygen atoms in total. The number of piperidine rings is 1. The first-order valence-electron chi connectivity index (χ1n) is 5.89. The second-order valence-electron chi connectivity index (χ2n) is 4.56. The molecule has 86 valence electrons. The number of amides is 1. The zero-order chi connectivity index (χ0) is 10.7. The number of hydrogen-bond acceptors (Lipinski definition) is 3. The first kappa shape index (κ1) is 10.9. The smallest absolute Gasteiger partial charge is 0.236 e. The van der Waals surface area contributed by atoms with Crippen LogP contribution in [0, 0.1) is 5.92 Å². The first-order valence-corrected chi connectivity index (χ1v) is 5.89. The molecule has 0 atom stereocenters. The summed E-state index contributed by atoms with van der Waals surface area (Å²) in [5.41, 5.74) is 5.32. The van der Waals surface area contributed by atoms with Gasteiger partial charge in [0.1, 0.15) is 0 Å². The molecule has 0 bridgehead atoms. The number of nitrogens with zero attached hydrogens (tertiary/aromatic N) is 1. The number of likely N-dealkylation sites (tertiary alicyclic amines) is 1. The highest BCUT2D eigenvalue weighted by Crippen LogP contribution is 2.30. The van der Waals surface area contributed by atoms with Gasteiger partial charge in [-0.1, -0.05) is 0 Å². The summed E-state index contributed by atoms with van der Waals surface area (Å²) < 4.78 is 5.80. The van der Waals surface area contributed by atoms with E-state index < -0.39 is 0 Å². The number of carbonyl (C=O) groups is 1. The molecule has 1 heterocycles. The van der Waals surface area contributed by atoms with E-state index in [0.717, 1.165) is 38.5 Å². The molecule has 2 fully saturated rings. The fourth-order valence-corrected chi connectivity index (χ4v) is 1.96. The zero-order valence-electron chi connectivity index (χ0n) is 9.15. The van der Waals surface area contributed by atoms with Gasteiger partial charge in [0, 0.05) is 19.7 Å². The zero-order valence-corrected chi connectivity index (χ0v) is 9.15. The molecule has 1 aliphatic carbocycles. The maximum atomic E-state index is 11.3. The molecule has 1 aliphatic heterocycles. The molecule has 0 unspecified atom stereocenters. The molecule has 2 rings (SSSR count). The Bertz CT molecular complexity index is 221. The molecule has 0 spiro atoms. The molecule has 1 saturated carbocycles. The molecular formula is C11H20N2O2. The fraction of sp³-hybridized carbons (Fsp3) is 0.909. The Labute approximate surface area is 90.8 Å². The van der Waals surface area contributed by atoms with Gasteiger partial charge in [-0.3, -0.25) is 4.79 Å². The highest BCUT2D eigenvalue weighted by molar-refractivity contribution is 5.78. The molecule has 4 heteroatoms. The van der Waals surface area contributed by atoms with E-state index in [1.54, 1.807) is 0 Å². The van der Waals surface area contributed by atoms with Crippen LogP contribution in [0.15, 0.2) is 0 Å². The van der Waals surface area contributed by atoms with Crippen molar-refractivity contribution >= 4 is 5.91 Å². The van der Waals surface area contributed by atoms with Crippen LogP contribution < -0.4 is 5.73 Å². The van der Waals surface area contributed by atoms with Crippen molar-refractivity contribution in [2.75, 3.05) is 26.2 Å². The van der Waals surface area contributed by atoms with E-state index in [2.05, 4.69) is 0 Å². The van der Waals surface area contributed by atoms with Crippen molar-refractivity contribution in [3.05, 3.63) is 0 Å². The van der Waals surface area contributed by atoms with Gasteiger partial charge in [-0.2, -0.15) is 0 Å². The van der Waals surface area contributed by atoms with Crippen molar-refractivity contribution in [1.82, 2.24) is 4.90 Å². The van der Waals surface area contributed by atoms with Crippen LogP contribution in [-0.2, 0) is 9.53 Å². The number of nitrogens with two attached hydrogens (primary N) is 1. The summed E-state index contributed by atoms with van der Waals surface area (Å²) in [6.45, 7) is 2.68. The molecule has 2 N–H and O–H groups in total. The minimum Gasteiger partial charge on any atom is -0.378 e. The predicted molar refractivity (Wildman–Crippen MR) is 57.3 cm³/mol. The van der Waals surface area contributed by atoms with Gasteiger partial charge in [-0.15, -0.1) is 0 Å². The summed E-state index contributed by atoms with van der Waals surface area (Å²) in [5.74, 6) is 0.893. The van der Waals surface area contributed by atoms with Crippen molar-refractivity contribution in [3.63, 3.8) is 0 Å². The molecule has 0 aromatic rings. The highest BCUT2D eigenvalue weighted by Gasteiger charge is 2.26. The third-order valence-electron chi connectivity index (χ3n) is 3.23. The van der Waals surface area contributed by atoms with Crippen molar-refractivity contribution in [2.45, 2.75) is 31.8 Å². The van der Waals surface area contributed by atoms with Gasteiger partial charge in [0.15, 0.2) is 0 Å². The summed E-state index contributed by atoms with van der Waals surface area (Å²) in [6.07, 6.45) is 4.98. The second kappa shape index (κ2) is 4.94. The third-order valence-corrected chi connectivity index (χ3v) is 3.23. The summed E-state index contributed by atoms with van der Waals surface area (Å²) in [7, 11) is 0.